The minimum atomic E-state index is -0.117. The molecule has 0 saturated heterocycles. The number of likely N-dealkylation sites (N-methyl/N-ethyl adjacent to an activating group) is 1. The van der Waals surface area contributed by atoms with Crippen LogP contribution in [-0.4, -0.2) is 17.9 Å². The summed E-state index contributed by atoms with van der Waals surface area (Å²) in [4.78, 5) is 12.7. The van der Waals surface area contributed by atoms with E-state index >= 15 is 0 Å². The van der Waals surface area contributed by atoms with Crippen LogP contribution in [0.2, 0.25) is 0 Å². The highest BCUT2D eigenvalue weighted by Crippen LogP contribution is 2.25. The zero-order valence-corrected chi connectivity index (χ0v) is 9.50. The first-order valence-corrected chi connectivity index (χ1v) is 4.57. The van der Waals surface area contributed by atoms with Crippen LogP contribution in [0.5, 0.6) is 0 Å². The third kappa shape index (κ3) is 3.60. The smallest absolute Gasteiger partial charge is 0.249 e. The molecule has 78 valence electrons. The average Bonchev–Trinajstić information content (AvgIpc) is 2.10. The van der Waals surface area contributed by atoms with Gasteiger partial charge in [-0.05, 0) is 17.1 Å². The van der Waals surface area contributed by atoms with Gasteiger partial charge >= 0.3 is 0 Å². The largest absolute Gasteiger partial charge is 0.318 e. The number of nitrogens with zero attached hydrogens (tertiary/aromatic N) is 1. The van der Waals surface area contributed by atoms with Crippen LogP contribution in [0, 0.1) is 5.41 Å². The monoisotopic (exact) mass is 193 g/mol. The van der Waals surface area contributed by atoms with Gasteiger partial charge in [-0.2, -0.15) is 0 Å². The molecular weight excluding hydrogens is 174 g/mol. The summed E-state index contributed by atoms with van der Waals surface area (Å²) in [5.74, 6) is -0.117. The Morgan fingerprint density at radius 2 is 1.71 bits per heavy atom. The second kappa shape index (κ2) is 4.80. The fraction of sp³-hybridized carbons (Fsp3) is 0.417. The third-order valence-corrected chi connectivity index (χ3v) is 1.94. The minimum Gasteiger partial charge on any atom is -0.318 e. The number of hydrogen-bond donors (Lipinski definition) is 0. The van der Waals surface area contributed by atoms with Crippen molar-refractivity contribution in [2.75, 3.05) is 7.05 Å². The van der Waals surface area contributed by atoms with E-state index in [4.69, 9.17) is 0 Å². The van der Waals surface area contributed by atoms with Crippen LogP contribution in [0.25, 0.3) is 0 Å². The van der Waals surface area contributed by atoms with E-state index in [0.717, 1.165) is 5.57 Å². The van der Waals surface area contributed by atoms with Crippen LogP contribution >= 0.6 is 0 Å². The Labute approximate surface area is 86.6 Å². The lowest BCUT2D eigenvalue weighted by atomic mass is 9.87. The van der Waals surface area contributed by atoms with E-state index in [2.05, 4.69) is 33.9 Å². The average molecular weight is 193 g/mol. The van der Waals surface area contributed by atoms with E-state index in [1.165, 1.54) is 11.0 Å². The lowest BCUT2D eigenvalue weighted by Gasteiger charge is -2.22. The molecule has 0 aliphatic rings. The van der Waals surface area contributed by atoms with Crippen LogP contribution in [0.3, 0.4) is 0 Å². The van der Waals surface area contributed by atoms with E-state index < -0.39 is 0 Å². The van der Waals surface area contributed by atoms with Crippen molar-refractivity contribution in [1.29, 1.82) is 0 Å². The summed E-state index contributed by atoms with van der Waals surface area (Å²) in [5, 5.41) is 0. The topological polar surface area (TPSA) is 20.3 Å². The summed E-state index contributed by atoms with van der Waals surface area (Å²) in [5.41, 5.74) is 1.02. The molecule has 0 radical (unpaired) electrons. The Morgan fingerprint density at radius 3 is 2.00 bits per heavy atom. The van der Waals surface area contributed by atoms with Gasteiger partial charge in [-0.1, -0.05) is 40.0 Å². The quantitative estimate of drug-likeness (QED) is 0.498. The van der Waals surface area contributed by atoms with Gasteiger partial charge in [0.2, 0.25) is 5.91 Å². The molecule has 0 bridgehead atoms. The van der Waals surface area contributed by atoms with Gasteiger partial charge in [0.15, 0.2) is 0 Å². The van der Waals surface area contributed by atoms with Gasteiger partial charge in [-0.15, -0.1) is 0 Å². The van der Waals surface area contributed by atoms with Gasteiger partial charge in [0.1, 0.15) is 0 Å². The highest BCUT2D eigenvalue weighted by atomic mass is 16.2. The van der Waals surface area contributed by atoms with Crippen LogP contribution < -0.4 is 0 Å². The number of rotatable bonds is 3. The van der Waals surface area contributed by atoms with Crippen molar-refractivity contribution in [2.24, 2.45) is 5.41 Å². The van der Waals surface area contributed by atoms with E-state index in [9.17, 15) is 4.79 Å². The molecule has 0 fully saturated rings. The van der Waals surface area contributed by atoms with E-state index in [-0.39, 0.29) is 11.3 Å². The zero-order valence-electron chi connectivity index (χ0n) is 9.50. The maximum Gasteiger partial charge on any atom is 0.249 e. The van der Waals surface area contributed by atoms with E-state index in [1.54, 1.807) is 19.3 Å². The Morgan fingerprint density at radius 1 is 1.21 bits per heavy atom. The van der Waals surface area contributed by atoms with Gasteiger partial charge in [-0.25, -0.2) is 0 Å². The van der Waals surface area contributed by atoms with Gasteiger partial charge < -0.3 is 4.90 Å². The number of carbonyl (C=O) groups excluding carboxylic acids is 1. The molecule has 14 heavy (non-hydrogen) atoms. The molecular formula is C12H19NO. The summed E-state index contributed by atoms with van der Waals surface area (Å²) in [6, 6.07) is 0. The van der Waals surface area contributed by atoms with Crippen molar-refractivity contribution in [3.05, 3.63) is 37.1 Å². The molecule has 0 spiro atoms. The first-order chi connectivity index (χ1) is 6.32. The molecule has 0 rings (SSSR count). The molecule has 0 aromatic rings. The summed E-state index contributed by atoms with van der Waals surface area (Å²) in [6.07, 6.45) is 4.85. The predicted molar refractivity (Wildman–Crippen MR) is 60.7 cm³/mol. The fourth-order valence-corrected chi connectivity index (χ4v) is 0.969. The zero-order chi connectivity index (χ0) is 11.4. The van der Waals surface area contributed by atoms with Crippen molar-refractivity contribution in [2.45, 2.75) is 20.8 Å². The van der Waals surface area contributed by atoms with E-state index in [1.807, 2.05) is 0 Å². The standard InChI is InChI=1S/C12H19NO/c1-7-10(12(3,4)5)9-13(6)11(14)8-2/h7-9H,1-2H2,3-6H3/b10-9+. The highest BCUT2D eigenvalue weighted by Gasteiger charge is 2.15. The van der Waals surface area contributed by atoms with Gasteiger partial charge in [-0.3, -0.25) is 4.79 Å². The summed E-state index contributed by atoms with van der Waals surface area (Å²) in [7, 11) is 1.71. The summed E-state index contributed by atoms with van der Waals surface area (Å²) < 4.78 is 0. The lowest BCUT2D eigenvalue weighted by molar-refractivity contribution is -0.122. The number of carbonyl (C=O) groups is 1. The maximum atomic E-state index is 11.2. The van der Waals surface area contributed by atoms with Crippen LogP contribution in [0.1, 0.15) is 20.8 Å². The van der Waals surface area contributed by atoms with Crippen molar-refractivity contribution < 1.29 is 4.79 Å². The Bertz CT molecular complexity index is 269. The Hall–Kier alpha value is -1.31. The Kier molecular flexibility index (Phi) is 4.35. The first-order valence-electron chi connectivity index (χ1n) is 4.57. The molecule has 0 aromatic carbocycles. The summed E-state index contributed by atoms with van der Waals surface area (Å²) >= 11 is 0. The first kappa shape index (κ1) is 12.7. The molecule has 0 heterocycles. The Balaban J connectivity index is 4.86. The van der Waals surface area contributed by atoms with Crippen molar-refractivity contribution in [3.8, 4) is 0 Å². The van der Waals surface area contributed by atoms with Crippen LogP contribution in [0.4, 0.5) is 0 Å². The molecule has 0 aliphatic heterocycles. The molecule has 2 heteroatoms. The molecule has 0 aliphatic carbocycles. The number of allylic oxidation sites excluding steroid dienone is 2. The molecule has 0 atom stereocenters. The van der Waals surface area contributed by atoms with Crippen LogP contribution in [-0.2, 0) is 4.79 Å². The fourth-order valence-electron chi connectivity index (χ4n) is 0.969. The SMILES string of the molecule is C=CC(=O)N(C)/C=C(\C=C)C(C)(C)C. The highest BCUT2D eigenvalue weighted by molar-refractivity contribution is 5.87. The molecule has 1 amide bonds. The summed E-state index contributed by atoms with van der Waals surface area (Å²) in [6.45, 7) is 13.4. The predicted octanol–water partition coefficient (Wildman–Crippen LogP) is 2.75. The molecule has 2 nitrogen and oxygen atoms in total. The van der Waals surface area contributed by atoms with Gasteiger partial charge in [0.25, 0.3) is 0 Å². The van der Waals surface area contributed by atoms with Crippen molar-refractivity contribution in [1.82, 2.24) is 4.90 Å². The number of amides is 1. The molecule has 0 saturated carbocycles. The van der Waals surface area contributed by atoms with Crippen molar-refractivity contribution in [3.63, 3.8) is 0 Å². The minimum absolute atomic E-state index is 0.00252. The third-order valence-electron chi connectivity index (χ3n) is 1.94. The lowest BCUT2D eigenvalue weighted by Crippen LogP contribution is -2.21. The van der Waals surface area contributed by atoms with E-state index in [0.29, 0.717) is 0 Å². The second-order valence-electron chi connectivity index (χ2n) is 4.19. The molecule has 0 unspecified atom stereocenters. The second-order valence-corrected chi connectivity index (χ2v) is 4.19. The number of hydrogen-bond acceptors (Lipinski definition) is 1. The molecule has 0 aromatic heterocycles. The van der Waals surface area contributed by atoms with Crippen molar-refractivity contribution >= 4 is 5.91 Å². The maximum absolute atomic E-state index is 11.2. The van der Waals surface area contributed by atoms with Crippen LogP contribution in [0.15, 0.2) is 37.1 Å². The normalized spacial score (nSPS) is 12.1. The van der Waals surface area contributed by atoms with Gasteiger partial charge in [0.05, 0.1) is 0 Å². The van der Waals surface area contributed by atoms with Gasteiger partial charge in [0, 0.05) is 13.2 Å². The molecule has 0 N–H and O–H groups in total.